The number of nitro groups is 1. The van der Waals surface area contributed by atoms with E-state index in [-0.39, 0.29) is 30.3 Å². The molecule has 0 saturated carbocycles. The first-order chi connectivity index (χ1) is 13.4. The number of likely N-dealkylation sites (N-methyl/N-ethyl adjacent to an activating group) is 1. The zero-order chi connectivity index (χ0) is 20.3. The summed E-state index contributed by atoms with van der Waals surface area (Å²) in [5.41, 5.74) is -0.411. The van der Waals surface area contributed by atoms with Gasteiger partial charge in [-0.05, 0) is 24.3 Å². The number of benzene rings is 2. The highest BCUT2D eigenvalue weighted by Crippen LogP contribution is 2.33. The summed E-state index contributed by atoms with van der Waals surface area (Å²) in [5, 5.41) is 11.2. The standard InChI is InChI=1S/C18H20N2O7S/c1-3-19(11-13-12-26-17-6-4-5-7-18(17)27-13)28(23,24)14-8-9-16(25-2)15(10-14)20(21)22/h4-10,13H,3,11-12H2,1-2H3. The van der Waals surface area contributed by atoms with Crippen molar-refractivity contribution >= 4 is 15.7 Å². The van der Waals surface area contributed by atoms with E-state index in [4.69, 9.17) is 14.2 Å². The highest BCUT2D eigenvalue weighted by Gasteiger charge is 2.31. The number of hydrogen-bond donors (Lipinski definition) is 0. The lowest BCUT2D eigenvalue weighted by atomic mass is 10.2. The first-order valence-corrected chi connectivity index (χ1v) is 10.0. The Labute approximate surface area is 162 Å². The number of methoxy groups -OCH3 is 1. The molecule has 0 N–H and O–H groups in total. The molecule has 9 nitrogen and oxygen atoms in total. The maximum atomic E-state index is 13.0. The fourth-order valence-corrected chi connectivity index (χ4v) is 4.40. The number of nitro benzene ring substituents is 1. The van der Waals surface area contributed by atoms with Crippen molar-refractivity contribution < 1.29 is 27.6 Å². The second-order valence-electron chi connectivity index (χ2n) is 6.04. The van der Waals surface area contributed by atoms with E-state index in [0.29, 0.717) is 11.5 Å². The van der Waals surface area contributed by atoms with Crippen LogP contribution in [-0.4, -0.2) is 50.6 Å². The Bertz CT molecular complexity index is 978. The maximum absolute atomic E-state index is 13.0. The average molecular weight is 408 g/mol. The van der Waals surface area contributed by atoms with Gasteiger partial charge in [0.25, 0.3) is 0 Å². The van der Waals surface area contributed by atoms with Crippen LogP contribution in [0.4, 0.5) is 5.69 Å². The van der Waals surface area contributed by atoms with E-state index in [1.54, 1.807) is 25.1 Å². The van der Waals surface area contributed by atoms with Gasteiger partial charge in [0.15, 0.2) is 17.2 Å². The van der Waals surface area contributed by atoms with E-state index >= 15 is 0 Å². The molecular weight excluding hydrogens is 388 g/mol. The van der Waals surface area contributed by atoms with Gasteiger partial charge < -0.3 is 14.2 Å². The molecule has 1 unspecified atom stereocenters. The molecule has 0 fully saturated rings. The van der Waals surface area contributed by atoms with Crippen molar-refractivity contribution in [3.8, 4) is 17.2 Å². The first-order valence-electron chi connectivity index (χ1n) is 8.58. The Morgan fingerprint density at radius 2 is 1.96 bits per heavy atom. The van der Waals surface area contributed by atoms with Crippen LogP contribution in [0, 0.1) is 10.1 Å². The predicted molar refractivity (Wildman–Crippen MR) is 100 cm³/mol. The van der Waals surface area contributed by atoms with E-state index in [1.165, 1.54) is 23.5 Å². The van der Waals surface area contributed by atoms with Crippen molar-refractivity contribution in [3.63, 3.8) is 0 Å². The van der Waals surface area contributed by atoms with Crippen LogP contribution < -0.4 is 14.2 Å². The van der Waals surface area contributed by atoms with Gasteiger partial charge in [-0.2, -0.15) is 4.31 Å². The van der Waals surface area contributed by atoms with Crippen LogP contribution in [0.1, 0.15) is 6.92 Å². The van der Waals surface area contributed by atoms with E-state index in [2.05, 4.69) is 0 Å². The molecule has 10 heteroatoms. The summed E-state index contributed by atoms with van der Waals surface area (Å²) < 4.78 is 43.6. The van der Waals surface area contributed by atoms with Crippen molar-refractivity contribution in [1.82, 2.24) is 4.31 Å². The van der Waals surface area contributed by atoms with Gasteiger partial charge in [0.2, 0.25) is 10.0 Å². The molecule has 0 aromatic heterocycles. The highest BCUT2D eigenvalue weighted by molar-refractivity contribution is 7.89. The van der Waals surface area contributed by atoms with Crippen LogP contribution in [-0.2, 0) is 10.0 Å². The predicted octanol–water partition coefficient (Wildman–Crippen LogP) is 2.45. The summed E-state index contributed by atoms with van der Waals surface area (Å²) in [4.78, 5) is 10.4. The van der Waals surface area contributed by atoms with Gasteiger partial charge in [0.1, 0.15) is 12.7 Å². The van der Waals surface area contributed by atoms with Crippen LogP contribution in [0.25, 0.3) is 0 Å². The lowest BCUT2D eigenvalue weighted by Crippen LogP contribution is -2.43. The minimum absolute atomic E-state index is 0.00683. The molecule has 1 aliphatic heterocycles. The molecule has 2 aromatic rings. The summed E-state index contributed by atoms with van der Waals surface area (Å²) in [5.74, 6) is 1.15. The largest absolute Gasteiger partial charge is 0.490 e. The topological polar surface area (TPSA) is 108 Å². The van der Waals surface area contributed by atoms with Crippen LogP contribution in [0.2, 0.25) is 0 Å². The molecule has 0 amide bonds. The second-order valence-corrected chi connectivity index (χ2v) is 7.98. The lowest BCUT2D eigenvalue weighted by Gasteiger charge is -2.30. The van der Waals surface area contributed by atoms with Gasteiger partial charge in [-0.3, -0.25) is 10.1 Å². The van der Waals surface area contributed by atoms with E-state index in [0.717, 1.165) is 6.07 Å². The van der Waals surface area contributed by atoms with Crippen molar-refractivity contribution in [2.75, 3.05) is 26.8 Å². The van der Waals surface area contributed by atoms with E-state index in [9.17, 15) is 18.5 Å². The Morgan fingerprint density at radius 1 is 1.25 bits per heavy atom. The number of hydrogen-bond acceptors (Lipinski definition) is 7. The van der Waals surface area contributed by atoms with E-state index in [1.807, 2.05) is 6.07 Å². The van der Waals surface area contributed by atoms with Crippen molar-refractivity contribution in [2.45, 2.75) is 17.9 Å². The normalized spacial score (nSPS) is 16.0. The molecule has 3 rings (SSSR count). The maximum Gasteiger partial charge on any atom is 0.312 e. The molecule has 0 radical (unpaired) electrons. The molecule has 1 heterocycles. The van der Waals surface area contributed by atoms with Gasteiger partial charge >= 0.3 is 5.69 Å². The summed E-state index contributed by atoms with van der Waals surface area (Å²) in [6.45, 7) is 2.11. The molecule has 2 aromatic carbocycles. The Kier molecular flexibility index (Phi) is 5.71. The highest BCUT2D eigenvalue weighted by atomic mass is 32.2. The number of fused-ring (bicyclic) bond motifs is 1. The zero-order valence-corrected chi connectivity index (χ0v) is 16.2. The van der Waals surface area contributed by atoms with Crippen molar-refractivity contribution in [1.29, 1.82) is 0 Å². The first kappa shape index (κ1) is 19.9. The summed E-state index contributed by atoms with van der Waals surface area (Å²) >= 11 is 0. The average Bonchev–Trinajstić information content (AvgIpc) is 2.71. The van der Waals surface area contributed by atoms with Crippen LogP contribution in [0.3, 0.4) is 0 Å². The molecular formula is C18H20N2O7S. The van der Waals surface area contributed by atoms with Gasteiger partial charge in [-0.1, -0.05) is 19.1 Å². The zero-order valence-electron chi connectivity index (χ0n) is 15.4. The monoisotopic (exact) mass is 408 g/mol. The third kappa shape index (κ3) is 3.87. The van der Waals surface area contributed by atoms with Gasteiger partial charge in [0.05, 0.1) is 23.5 Å². The third-order valence-corrected chi connectivity index (χ3v) is 6.25. The van der Waals surface area contributed by atoms with Gasteiger partial charge in [-0.25, -0.2) is 8.42 Å². The minimum atomic E-state index is -3.97. The van der Waals surface area contributed by atoms with Crippen LogP contribution in [0.5, 0.6) is 17.2 Å². The summed E-state index contributed by atoms with van der Waals surface area (Å²) in [6, 6.07) is 10.7. The Morgan fingerprint density at radius 3 is 2.61 bits per heavy atom. The number of rotatable bonds is 7. The van der Waals surface area contributed by atoms with Crippen LogP contribution >= 0.6 is 0 Å². The minimum Gasteiger partial charge on any atom is -0.490 e. The number of nitrogens with zero attached hydrogens (tertiary/aromatic N) is 2. The number of sulfonamides is 1. The molecule has 1 aliphatic rings. The van der Waals surface area contributed by atoms with E-state index < -0.39 is 26.7 Å². The molecule has 0 saturated heterocycles. The molecule has 1 atom stereocenters. The fraction of sp³-hybridized carbons (Fsp3) is 0.333. The Hall–Kier alpha value is -2.85. The quantitative estimate of drug-likeness (QED) is 0.511. The fourth-order valence-electron chi connectivity index (χ4n) is 2.90. The van der Waals surface area contributed by atoms with Crippen molar-refractivity contribution in [2.24, 2.45) is 0 Å². The molecule has 28 heavy (non-hydrogen) atoms. The Balaban J connectivity index is 1.84. The molecule has 150 valence electrons. The smallest absolute Gasteiger partial charge is 0.312 e. The number of ether oxygens (including phenoxy) is 3. The molecule has 0 spiro atoms. The van der Waals surface area contributed by atoms with Crippen LogP contribution in [0.15, 0.2) is 47.4 Å². The number of para-hydroxylation sites is 2. The van der Waals surface area contributed by atoms with Gasteiger partial charge in [-0.15, -0.1) is 0 Å². The molecule has 0 bridgehead atoms. The third-order valence-electron chi connectivity index (χ3n) is 4.31. The SMILES string of the molecule is CCN(CC1COc2ccccc2O1)S(=O)(=O)c1ccc(OC)c([N+](=O)[O-])c1. The summed E-state index contributed by atoms with van der Waals surface area (Å²) in [7, 11) is -2.69. The molecule has 0 aliphatic carbocycles. The van der Waals surface area contributed by atoms with Crippen molar-refractivity contribution in [3.05, 3.63) is 52.6 Å². The van der Waals surface area contributed by atoms with Gasteiger partial charge in [0, 0.05) is 12.6 Å². The summed E-state index contributed by atoms with van der Waals surface area (Å²) in [6.07, 6.45) is -0.502. The second kappa shape index (κ2) is 8.03. The lowest BCUT2D eigenvalue weighted by molar-refractivity contribution is -0.386.